The third-order valence-electron chi connectivity index (χ3n) is 3.78. The monoisotopic (exact) mass is 387 g/mol. The number of benzene rings is 2. The number of rotatable bonds is 6. The van der Waals surface area contributed by atoms with E-state index in [-0.39, 0.29) is 36.2 Å². The lowest BCUT2D eigenvalue weighted by Crippen LogP contribution is -2.23. The van der Waals surface area contributed by atoms with Crippen molar-refractivity contribution in [3.05, 3.63) is 77.7 Å². The predicted molar refractivity (Wildman–Crippen MR) is 96.9 cm³/mol. The fourth-order valence-electron chi connectivity index (χ4n) is 2.40. The zero-order chi connectivity index (χ0) is 20.0. The van der Waals surface area contributed by atoms with Gasteiger partial charge in [-0.15, -0.1) is 0 Å². The van der Waals surface area contributed by atoms with Crippen molar-refractivity contribution in [1.29, 1.82) is 0 Å². The lowest BCUT2D eigenvalue weighted by molar-refractivity contribution is -0.137. The van der Waals surface area contributed by atoms with Crippen molar-refractivity contribution in [1.82, 2.24) is 15.5 Å². The summed E-state index contributed by atoms with van der Waals surface area (Å²) in [5.41, 5.74) is 0.328. The van der Waals surface area contributed by atoms with E-state index in [9.17, 15) is 18.0 Å². The summed E-state index contributed by atoms with van der Waals surface area (Å²) in [7, 11) is 0. The Bertz CT molecular complexity index is 966. The molecule has 28 heavy (non-hydrogen) atoms. The van der Waals surface area contributed by atoms with Gasteiger partial charge < -0.3 is 9.84 Å². The van der Waals surface area contributed by atoms with E-state index in [4.69, 9.17) is 4.52 Å². The number of halogens is 3. The van der Waals surface area contributed by atoms with Gasteiger partial charge in [-0.1, -0.05) is 47.6 Å². The molecule has 0 bridgehead atoms. The van der Waals surface area contributed by atoms with Gasteiger partial charge in [-0.05, 0) is 23.8 Å². The zero-order valence-electron chi connectivity index (χ0n) is 14.6. The van der Waals surface area contributed by atoms with Crippen molar-refractivity contribution >= 4 is 12.0 Å². The number of nitrogens with zero attached hydrogens (tertiary/aromatic N) is 2. The second-order valence-corrected chi connectivity index (χ2v) is 5.88. The minimum Gasteiger partial charge on any atom is -0.352 e. The highest BCUT2D eigenvalue weighted by molar-refractivity contribution is 5.91. The van der Waals surface area contributed by atoms with Gasteiger partial charge in [-0.25, -0.2) is 0 Å². The Hall–Kier alpha value is -3.42. The first kappa shape index (κ1) is 19.3. The van der Waals surface area contributed by atoms with Crippen molar-refractivity contribution < 1.29 is 22.5 Å². The van der Waals surface area contributed by atoms with Crippen LogP contribution in [0.15, 0.2) is 65.2 Å². The maximum absolute atomic E-state index is 12.8. The van der Waals surface area contributed by atoms with Crippen molar-refractivity contribution in [2.75, 3.05) is 6.54 Å². The molecule has 1 N–H and O–H groups in total. The van der Waals surface area contributed by atoms with Crippen LogP contribution in [-0.4, -0.2) is 22.6 Å². The molecule has 1 amide bonds. The molecule has 0 spiro atoms. The van der Waals surface area contributed by atoms with Gasteiger partial charge in [0.2, 0.25) is 17.6 Å². The number of carbonyl (C=O) groups is 1. The van der Waals surface area contributed by atoms with Crippen molar-refractivity contribution in [3.63, 3.8) is 0 Å². The number of hydrogen-bond acceptors (Lipinski definition) is 4. The summed E-state index contributed by atoms with van der Waals surface area (Å²) in [6, 6.07) is 14.1. The van der Waals surface area contributed by atoms with Crippen LogP contribution in [-0.2, 0) is 17.4 Å². The standard InChI is InChI=1S/C20H16F3N3O2/c21-20(22,23)16-8-4-7-15(13-16)19-25-18(28-26-19)11-12-24-17(27)10-9-14-5-2-1-3-6-14/h1-10,13H,11-12H2,(H,24,27)/b10-9+. The fourth-order valence-corrected chi connectivity index (χ4v) is 2.40. The van der Waals surface area contributed by atoms with E-state index in [2.05, 4.69) is 15.5 Å². The first-order valence-electron chi connectivity index (χ1n) is 8.43. The van der Waals surface area contributed by atoms with E-state index >= 15 is 0 Å². The average molecular weight is 387 g/mol. The molecule has 0 radical (unpaired) electrons. The molecular weight excluding hydrogens is 371 g/mol. The Labute approximate surface area is 158 Å². The fraction of sp³-hybridized carbons (Fsp3) is 0.150. The number of hydrogen-bond donors (Lipinski definition) is 1. The maximum Gasteiger partial charge on any atom is 0.416 e. The molecule has 3 rings (SSSR count). The topological polar surface area (TPSA) is 68.0 Å². The molecule has 144 valence electrons. The number of nitrogens with one attached hydrogen (secondary N) is 1. The van der Waals surface area contributed by atoms with E-state index in [1.165, 1.54) is 18.2 Å². The predicted octanol–water partition coefficient (Wildman–Crippen LogP) is 4.13. The van der Waals surface area contributed by atoms with Gasteiger partial charge in [0.15, 0.2) is 0 Å². The van der Waals surface area contributed by atoms with Crippen molar-refractivity contribution in [3.8, 4) is 11.4 Å². The summed E-state index contributed by atoms with van der Waals surface area (Å²) in [5.74, 6) is 0.0117. The summed E-state index contributed by atoms with van der Waals surface area (Å²) in [6.07, 6.45) is -1.08. The molecule has 0 saturated heterocycles. The van der Waals surface area contributed by atoms with Crippen LogP contribution < -0.4 is 5.32 Å². The van der Waals surface area contributed by atoms with Crippen LogP contribution in [0.2, 0.25) is 0 Å². The van der Waals surface area contributed by atoms with Crippen molar-refractivity contribution in [2.24, 2.45) is 0 Å². The molecule has 0 unspecified atom stereocenters. The molecule has 0 aliphatic rings. The highest BCUT2D eigenvalue weighted by Crippen LogP contribution is 2.31. The largest absolute Gasteiger partial charge is 0.416 e. The van der Waals surface area contributed by atoms with Gasteiger partial charge >= 0.3 is 6.18 Å². The van der Waals surface area contributed by atoms with Crippen LogP contribution in [0.25, 0.3) is 17.5 Å². The molecule has 0 atom stereocenters. The molecule has 8 heteroatoms. The van der Waals surface area contributed by atoms with Crippen molar-refractivity contribution in [2.45, 2.75) is 12.6 Å². The summed E-state index contributed by atoms with van der Waals surface area (Å²) in [5, 5.41) is 6.38. The van der Waals surface area contributed by atoms with Gasteiger partial charge in [-0.3, -0.25) is 4.79 Å². The molecule has 0 aliphatic heterocycles. The number of aromatic nitrogens is 2. The molecule has 3 aromatic rings. The molecule has 5 nitrogen and oxygen atoms in total. The van der Waals surface area contributed by atoms with Gasteiger partial charge in [0, 0.05) is 24.6 Å². The Morgan fingerprint density at radius 2 is 1.89 bits per heavy atom. The minimum absolute atomic E-state index is 0.0661. The third kappa shape index (κ3) is 5.29. The van der Waals surface area contributed by atoms with E-state index in [0.29, 0.717) is 0 Å². The average Bonchev–Trinajstić information content (AvgIpc) is 3.16. The van der Waals surface area contributed by atoms with Crippen LogP contribution in [0.4, 0.5) is 13.2 Å². The molecular formula is C20H16F3N3O2. The van der Waals surface area contributed by atoms with Crippen LogP contribution in [0.5, 0.6) is 0 Å². The van der Waals surface area contributed by atoms with Gasteiger partial charge in [0.25, 0.3) is 0 Å². The highest BCUT2D eigenvalue weighted by Gasteiger charge is 2.30. The smallest absolute Gasteiger partial charge is 0.352 e. The maximum atomic E-state index is 12.8. The van der Waals surface area contributed by atoms with Gasteiger partial charge in [0.05, 0.1) is 5.56 Å². The van der Waals surface area contributed by atoms with Gasteiger partial charge in [-0.2, -0.15) is 18.2 Å². The zero-order valence-corrected chi connectivity index (χ0v) is 14.6. The number of amides is 1. The first-order chi connectivity index (χ1) is 13.4. The van der Waals surface area contributed by atoms with Crippen LogP contribution in [0.1, 0.15) is 17.0 Å². The Kier molecular flexibility index (Phi) is 5.88. The normalized spacial score (nSPS) is 11.7. The van der Waals surface area contributed by atoms with E-state index < -0.39 is 11.7 Å². The number of alkyl halides is 3. The Balaban J connectivity index is 1.54. The highest BCUT2D eigenvalue weighted by atomic mass is 19.4. The summed E-state index contributed by atoms with van der Waals surface area (Å²) in [4.78, 5) is 15.9. The molecule has 0 fully saturated rings. The summed E-state index contributed by atoms with van der Waals surface area (Å²) < 4.78 is 43.4. The third-order valence-corrected chi connectivity index (χ3v) is 3.78. The summed E-state index contributed by atoms with van der Waals surface area (Å²) >= 11 is 0. The molecule has 0 aliphatic carbocycles. The molecule has 2 aromatic carbocycles. The van der Waals surface area contributed by atoms with Crippen LogP contribution in [0, 0.1) is 0 Å². The Morgan fingerprint density at radius 3 is 2.64 bits per heavy atom. The lowest BCUT2D eigenvalue weighted by atomic mass is 10.1. The van der Waals surface area contributed by atoms with E-state index in [1.54, 1.807) is 6.08 Å². The minimum atomic E-state index is -4.44. The van der Waals surface area contributed by atoms with E-state index in [0.717, 1.165) is 17.7 Å². The first-order valence-corrected chi connectivity index (χ1v) is 8.43. The lowest BCUT2D eigenvalue weighted by Gasteiger charge is -2.06. The van der Waals surface area contributed by atoms with Crippen LogP contribution >= 0.6 is 0 Å². The molecule has 1 heterocycles. The quantitative estimate of drug-likeness (QED) is 0.646. The van der Waals surface area contributed by atoms with E-state index in [1.807, 2.05) is 30.3 Å². The van der Waals surface area contributed by atoms with Gasteiger partial charge in [0.1, 0.15) is 0 Å². The summed E-state index contributed by atoms with van der Waals surface area (Å²) in [6.45, 7) is 0.252. The number of carbonyl (C=O) groups excluding carboxylic acids is 1. The molecule has 1 aromatic heterocycles. The Morgan fingerprint density at radius 1 is 1.11 bits per heavy atom. The SMILES string of the molecule is O=C(/C=C/c1ccccc1)NCCc1nc(-c2cccc(C(F)(F)F)c2)no1. The second-order valence-electron chi connectivity index (χ2n) is 5.88. The van der Waals surface area contributed by atoms with Crippen LogP contribution in [0.3, 0.4) is 0 Å². The molecule has 0 saturated carbocycles. The second kappa shape index (κ2) is 8.51.